The van der Waals surface area contributed by atoms with E-state index in [1.54, 1.807) is 0 Å². The van der Waals surface area contributed by atoms with E-state index in [4.69, 9.17) is 0 Å². The first-order valence-electron chi connectivity index (χ1n) is 7.48. The molecule has 0 spiro atoms. The molecule has 0 unspecified atom stereocenters. The van der Waals surface area contributed by atoms with Gasteiger partial charge in [-0.3, -0.25) is 4.79 Å². The maximum Gasteiger partial charge on any atom is 0.458 e. The maximum absolute atomic E-state index is 13.8. The van der Waals surface area contributed by atoms with Crippen molar-refractivity contribution in [3.05, 3.63) is 63.9 Å². The van der Waals surface area contributed by atoms with Crippen LogP contribution in [0, 0.1) is 0 Å². The molecule has 3 nitrogen and oxygen atoms in total. The highest BCUT2D eigenvalue weighted by Crippen LogP contribution is 2.48. The fourth-order valence-corrected chi connectivity index (χ4v) is 2.57. The number of para-hydroxylation sites is 1. The van der Waals surface area contributed by atoms with Gasteiger partial charge >= 0.3 is 18.3 Å². The van der Waals surface area contributed by atoms with E-state index >= 15 is 0 Å². The molecular weight excluding hydrogens is 400 g/mol. The van der Waals surface area contributed by atoms with Crippen LogP contribution in [0.5, 0.6) is 0 Å². The number of nitrogens with zero attached hydrogens (tertiary/aromatic N) is 1. The second-order valence-corrected chi connectivity index (χ2v) is 5.76. The Kier molecular flexibility index (Phi) is 4.43. The van der Waals surface area contributed by atoms with Crippen LogP contribution in [0.4, 0.5) is 35.1 Å². The lowest BCUT2D eigenvalue weighted by Crippen LogP contribution is -2.35. The molecule has 0 radical (unpaired) electrons. The predicted octanol–water partition coefficient (Wildman–Crippen LogP) is 5.26. The van der Waals surface area contributed by atoms with E-state index in [9.17, 15) is 39.9 Å². The van der Waals surface area contributed by atoms with Gasteiger partial charge in [0.1, 0.15) is 5.82 Å². The van der Waals surface area contributed by atoms with Crippen LogP contribution in [-0.4, -0.2) is 16.1 Å². The van der Waals surface area contributed by atoms with Crippen molar-refractivity contribution in [3.63, 3.8) is 0 Å². The summed E-state index contributed by atoms with van der Waals surface area (Å²) in [6.45, 7) is 0. The molecule has 3 rings (SSSR count). The van der Waals surface area contributed by atoms with E-state index in [0.29, 0.717) is 6.07 Å². The lowest BCUT2D eigenvalue weighted by atomic mass is 9.97. The van der Waals surface area contributed by atoms with Crippen molar-refractivity contribution in [2.75, 3.05) is 0 Å². The summed E-state index contributed by atoms with van der Waals surface area (Å²) in [5.41, 5.74) is -5.59. The molecule has 0 atom stereocenters. The Morgan fingerprint density at radius 3 is 2.07 bits per heavy atom. The number of alkyl halides is 8. The van der Waals surface area contributed by atoms with Crippen molar-refractivity contribution in [1.29, 1.82) is 0 Å². The van der Waals surface area contributed by atoms with Gasteiger partial charge in [-0.1, -0.05) is 18.2 Å². The molecule has 0 amide bonds. The van der Waals surface area contributed by atoms with E-state index in [1.165, 1.54) is 24.3 Å². The molecule has 0 aliphatic heterocycles. The van der Waals surface area contributed by atoms with Crippen molar-refractivity contribution in [2.45, 2.75) is 18.3 Å². The summed E-state index contributed by atoms with van der Waals surface area (Å²) >= 11 is 0. The first-order valence-corrected chi connectivity index (χ1v) is 7.48. The second-order valence-electron chi connectivity index (χ2n) is 5.76. The number of aromatic nitrogens is 2. The zero-order chi connectivity index (χ0) is 20.9. The van der Waals surface area contributed by atoms with Crippen LogP contribution in [-0.2, 0) is 12.1 Å². The van der Waals surface area contributed by atoms with Crippen LogP contribution in [0.3, 0.4) is 0 Å². The minimum Gasteiger partial charge on any atom is -0.306 e. The highest BCUT2D eigenvalue weighted by molar-refractivity contribution is 5.79. The summed E-state index contributed by atoms with van der Waals surface area (Å²) in [5, 5.41) is 0.110. The average molecular weight is 408 g/mol. The number of hydrogen-bond acceptors (Lipinski definition) is 2. The van der Waals surface area contributed by atoms with Crippen LogP contribution < -0.4 is 5.56 Å². The van der Waals surface area contributed by atoms with Gasteiger partial charge in [-0.05, 0) is 24.3 Å². The lowest BCUT2D eigenvalue weighted by molar-refractivity contribution is -0.291. The van der Waals surface area contributed by atoms with Gasteiger partial charge in [0.05, 0.1) is 16.5 Å². The van der Waals surface area contributed by atoms with Crippen LogP contribution in [0.1, 0.15) is 11.1 Å². The minimum atomic E-state index is -6.25. The third-order valence-corrected chi connectivity index (χ3v) is 3.91. The van der Waals surface area contributed by atoms with Crippen LogP contribution >= 0.6 is 0 Å². The zero-order valence-corrected chi connectivity index (χ0v) is 13.4. The van der Waals surface area contributed by atoms with Crippen molar-refractivity contribution < 1.29 is 35.1 Å². The first-order chi connectivity index (χ1) is 12.8. The minimum absolute atomic E-state index is 0.0311. The highest BCUT2D eigenvalue weighted by Gasteiger charge is 2.61. The zero-order valence-electron chi connectivity index (χ0n) is 13.4. The lowest BCUT2D eigenvalue weighted by Gasteiger charge is -2.24. The monoisotopic (exact) mass is 408 g/mol. The fourth-order valence-electron chi connectivity index (χ4n) is 2.57. The van der Waals surface area contributed by atoms with E-state index in [2.05, 4.69) is 9.97 Å². The number of rotatable bonds is 2. The Morgan fingerprint density at radius 2 is 1.46 bits per heavy atom. The standard InChI is InChI=1S/C17H8F8N2O/c18-15(19,17(23,24)25)11-7-8(5-6-10(11)16(20,21)22)13-26-12-4-2-1-3-9(12)14(28)27-13/h1-7H,(H,26,27,28). The van der Waals surface area contributed by atoms with Crippen molar-refractivity contribution in [1.82, 2.24) is 9.97 Å². The molecule has 28 heavy (non-hydrogen) atoms. The number of halogens is 8. The maximum atomic E-state index is 13.8. The number of nitrogens with one attached hydrogen (secondary N) is 1. The summed E-state index contributed by atoms with van der Waals surface area (Å²) in [4.78, 5) is 18.1. The highest BCUT2D eigenvalue weighted by atomic mass is 19.4. The molecule has 1 N–H and O–H groups in total. The number of hydrogen-bond donors (Lipinski definition) is 1. The number of benzene rings is 2. The van der Waals surface area contributed by atoms with Crippen LogP contribution in [0.15, 0.2) is 47.3 Å². The topological polar surface area (TPSA) is 45.8 Å². The summed E-state index contributed by atoms with van der Waals surface area (Å²) < 4.78 is 105. The molecule has 2 aromatic carbocycles. The Morgan fingerprint density at radius 1 is 0.821 bits per heavy atom. The van der Waals surface area contributed by atoms with E-state index in [0.717, 1.165) is 0 Å². The summed E-state index contributed by atoms with van der Waals surface area (Å²) in [6.07, 6.45) is -11.7. The molecule has 3 aromatic rings. The Bertz CT molecular complexity index is 1100. The molecule has 1 heterocycles. The normalized spacial score (nSPS) is 13.1. The molecular formula is C17H8F8N2O. The largest absolute Gasteiger partial charge is 0.458 e. The van der Waals surface area contributed by atoms with Crippen molar-refractivity contribution >= 4 is 10.9 Å². The van der Waals surface area contributed by atoms with E-state index in [-0.39, 0.29) is 23.0 Å². The number of aromatic amines is 1. The van der Waals surface area contributed by atoms with Gasteiger partial charge in [0.2, 0.25) is 0 Å². The number of fused-ring (bicyclic) bond motifs is 1. The van der Waals surface area contributed by atoms with Gasteiger partial charge < -0.3 is 4.98 Å². The van der Waals surface area contributed by atoms with E-state index < -0.39 is 46.3 Å². The predicted molar refractivity (Wildman–Crippen MR) is 82.8 cm³/mol. The third-order valence-electron chi connectivity index (χ3n) is 3.91. The van der Waals surface area contributed by atoms with Crippen LogP contribution in [0.25, 0.3) is 22.3 Å². The Balaban J connectivity index is 2.28. The first kappa shape index (κ1) is 19.8. The molecule has 0 bridgehead atoms. The summed E-state index contributed by atoms with van der Waals surface area (Å²) in [7, 11) is 0. The van der Waals surface area contributed by atoms with Crippen molar-refractivity contribution in [3.8, 4) is 11.4 Å². The molecule has 0 fully saturated rings. The molecule has 0 aliphatic rings. The van der Waals surface area contributed by atoms with Gasteiger partial charge in [-0.25, -0.2) is 4.98 Å². The molecule has 0 aliphatic carbocycles. The fraction of sp³-hybridized carbons (Fsp3) is 0.176. The third kappa shape index (κ3) is 3.32. The quantitative estimate of drug-likeness (QED) is 0.588. The van der Waals surface area contributed by atoms with Gasteiger partial charge in [-0.15, -0.1) is 0 Å². The molecule has 0 saturated carbocycles. The van der Waals surface area contributed by atoms with Crippen molar-refractivity contribution in [2.24, 2.45) is 0 Å². The molecule has 1 aromatic heterocycles. The SMILES string of the molecule is O=c1[nH]c(-c2ccc(C(F)(F)F)c(C(F)(F)C(F)(F)F)c2)nc2ccccc12. The Hall–Kier alpha value is -2.98. The van der Waals surface area contributed by atoms with Gasteiger partial charge in [0, 0.05) is 11.1 Å². The summed E-state index contributed by atoms with van der Waals surface area (Å²) in [5.74, 6) is -6.22. The van der Waals surface area contributed by atoms with E-state index in [1.807, 2.05) is 0 Å². The smallest absolute Gasteiger partial charge is 0.306 e. The Labute approximate surface area is 150 Å². The summed E-state index contributed by atoms with van der Waals surface area (Å²) in [6, 6.07) is 6.56. The number of H-pyrrole nitrogens is 1. The van der Waals surface area contributed by atoms with Crippen LogP contribution in [0.2, 0.25) is 0 Å². The molecule has 11 heteroatoms. The van der Waals surface area contributed by atoms with Gasteiger partial charge in [0.15, 0.2) is 0 Å². The van der Waals surface area contributed by atoms with Gasteiger partial charge in [0.25, 0.3) is 5.56 Å². The van der Waals surface area contributed by atoms with Gasteiger partial charge in [-0.2, -0.15) is 35.1 Å². The molecule has 0 saturated heterocycles. The molecule has 148 valence electrons. The average Bonchev–Trinajstić information content (AvgIpc) is 2.59. The second kappa shape index (κ2) is 6.28.